The summed E-state index contributed by atoms with van der Waals surface area (Å²) in [6.07, 6.45) is 1.96. The molecule has 4 rings (SSSR count). The average Bonchev–Trinajstić information content (AvgIpc) is 3.06. The molecular formula is C37H43N3O5S. The fraction of sp³-hybridized carbons (Fsp3) is 0.297. The van der Waals surface area contributed by atoms with E-state index < -0.39 is 28.5 Å². The van der Waals surface area contributed by atoms with Crippen LogP contribution in [-0.4, -0.2) is 51.4 Å². The van der Waals surface area contributed by atoms with Crippen LogP contribution in [0.25, 0.3) is 0 Å². The Kier molecular flexibility index (Phi) is 12.0. The highest BCUT2D eigenvalue weighted by Crippen LogP contribution is 2.34. The van der Waals surface area contributed by atoms with E-state index in [9.17, 15) is 18.0 Å². The van der Waals surface area contributed by atoms with Crippen LogP contribution >= 0.6 is 0 Å². The van der Waals surface area contributed by atoms with Crippen LogP contribution < -0.4 is 14.4 Å². The fourth-order valence-electron chi connectivity index (χ4n) is 5.30. The van der Waals surface area contributed by atoms with Crippen molar-refractivity contribution in [3.8, 4) is 5.75 Å². The molecule has 46 heavy (non-hydrogen) atoms. The van der Waals surface area contributed by atoms with Gasteiger partial charge in [0.2, 0.25) is 11.8 Å². The highest BCUT2D eigenvalue weighted by Gasteiger charge is 2.35. The fourth-order valence-corrected chi connectivity index (χ4v) is 6.73. The Hall–Kier alpha value is -4.63. The summed E-state index contributed by atoms with van der Waals surface area (Å²) in [5, 5.41) is 3.02. The molecule has 1 N–H and O–H groups in total. The average molecular weight is 642 g/mol. The molecule has 0 aliphatic rings. The summed E-state index contributed by atoms with van der Waals surface area (Å²) in [7, 11) is -2.77. The molecule has 0 radical (unpaired) electrons. The number of carbonyl (C=O) groups excluding carboxylic acids is 2. The zero-order valence-corrected chi connectivity index (χ0v) is 27.8. The van der Waals surface area contributed by atoms with E-state index in [1.54, 1.807) is 30.3 Å². The van der Waals surface area contributed by atoms with E-state index in [1.165, 1.54) is 24.1 Å². The van der Waals surface area contributed by atoms with E-state index in [1.807, 2.05) is 81.4 Å². The summed E-state index contributed by atoms with van der Waals surface area (Å²) in [4.78, 5) is 30.1. The minimum atomic E-state index is -4.23. The van der Waals surface area contributed by atoms with Gasteiger partial charge in [0.15, 0.2) is 0 Å². The van der Waals surface area contributed by atoms with E-state index in [0.717, 1.165) is 39.4 Å². The highest BCUT2D eigenvalue weighted by atomic mass is 32.2. The van der Waals surface area contributed by atoms with Crippen molar-refractivity contribution in [1.29, 1.82) is 0 Å². The lowest BCUT2D eigenvalue weighted by atomic mass is 10.0. The van der Waals surface area contributed by atoms with Crippen LogP contribution in [0.4, 0.5) is 5.69 Å². The maximum Gasteiger partial charge on any atom is 0.264 e. The zero-order chi connectivity index (χ0) is 33.1. The number of benzene rings is 4. The topological polar surface area (TPSA) is 96.0 Å². The van der Waals surface area contributed by atoms with Crippen molar-refractivity contribution in [2.24, 2.45) is 0 Å². The van der Waals surface area contributed by atoms with E-state index in [0.29, 0.717) is 12.3 Å². The summed E-state index contributed by atoms with van der Waals surface area (Å²) in [6.45, 7) is 5.90. The Bertz CT molecular complexity index is 1710. The number of nitrogens with zero attached hydrogens (tertiary/aromatic N) is 2. The Morgan fingerprint density at radius 3 is 2.13 bits per heavy atom. The SMILES string of the molecule is CCCCNC(=O)C(Cc1ccccc1)N(Cc1cccc(C)c1)C(=O)CN(c1cc(C)ccc1OC)S(=O)(=O)c1ccccc1. The van der Waals surface area contributed by atoms with Gasteiger partial charge in [-0.2, -0.15) is 0 Å². The number of rotatable bonds is 15. The predicted molar refractivity (Wildman–Crippen MR) is 182 cm³/mol. The lowest BCUT2D eigenvalue weighted by Gasteiger charge is -2.34. The first-order chi connectivity index (χ1) is 22.1. The Morgan fingerprint density at radius 1 is 0.826 bits per heavy atom. The number of anilines is 1. The molecule has 1 atom stereocenters. The number of sulfonamides is 1. The maximum absolute atomic E-state index is 14.6. The normalized spacial score (nSPS) is 11.8. The van der Waals surface area contributed by atoms with Crippen molar-refractivity contribution < 1.29 is 22.7 Å². The lowest BCUT2D eigenvalue weighted by Crippen LogP contribution is -2.53. The second kappa shape index (κ2) is 16.1. The molecular weight excluding hydrogens is 598 g/mol. The number of hydrogen-bond acceptors (Lipinski definition) is 5. The van der Waals surface area contributed by atoms with Gasteiger partial charge in [-0.25, -0.2) is 8.42 Å². The quantitative estimate of drug-likeness (QED) is 0.159. The molecule has 0 aliphatic carbocycles. The number of unbranched alkanes of at least 4 members (excludes halogenated alkanes) is 1. The third-order valence-corrected chi connectivity index (χ3v) is 9.52. The van der Waals surface area contributed by atoms with Crippen LogP contribution in [0.1, 0.15) is 42.0 Å². The Morgan fingerprint density at radius 2 is 1.48 bits per heavy atom. The van der Waals surface area contributed by atoms with Gasteiger partial charge in [0, 0.05) is 19.5 Å². The molecule has 2 amide bonds. The van der Waals surface area contributed by atoms with Crippen molar-refractivity contribution in [2.45, 2.75) is 57.5 Å². The first-order valence-corrected chi connectivity index (χ1v) is 17.0. The van der Waals surface area contributed by atoms with Crippen LogP contribution in [0.15, 0.2) is 108 Å². The van der Waals surface area contributed by atoms with Gasteiger partial charge in [0.05, 0.1) is 17.7 Å². The number of methoxy groups -OCH3 is 1. The highest BCUT2D eigenvalue weighted by molar-refractivity contribution is 7.92. The van der Waals surface area contributed by atoms with Gasteiger partial charge >= 0.3 is 0 Å². The molecule has 9 heteroatoms. The Balaban J connectivity index is 1.83. The number of amides is 2. The van der Waals surface area contributed by atoms with E-state index >= 15 is 0 Å². The van der Waals surface area contributed by atoms with Crippen molar-refractivity contribution in [1.82, 2.24) is 10.2 Å². The van der Waals surface area contributed by atoms with Gasteiger partial charge in [-0.05, 0) is 61.2 Å². The van der Waals surface area contributed by atoms with Gasteiger partial charge in [0.25, 0.3) is 10.0 Å². The van der Waals surface area contributed by atoms with Crippen molar-refractivity contribution in [3.05, 3.63) is 125 Å². The smallest absolute Gasteiger partial charge is 0.264 e. The molecule has 4 aromatic carbocycles. The molecule has 0 spiro atoms. The molecule has 242 valence electrons. The van der Waals surface area contributed by atoms with Crippen LogP contribution in [-0.2, 0) is 32.6 Å². The zero-order valence-electron chi connectivity index (χ0n) is 27.0. The lowest BCUT2D eigenvalue weighted by molar-refractivity contribution is -0.140. The summed E-state index contributed by atoms with van der Waals surface area (Å²) in [5.41, 5.74) is 3.76. The van der Waals surface area contributed by atoms with Gasteiger partial charge in [-0.15, -0.1) is 0 Å². The monoisotopic (exact) mass is 641 g/mol. The second-order valence-electron chi connectivity index (χ2n) is 11.4. The van der Waals surface area contributed by atoms with Crippen LogP contribution in [0.5, 0.6) is 5.75 Å². The first-order valence-electron chi connectivity index (χ1n) is 15.5. The minimum absolute atomic E-state index is 0.0368. The number of nitrogens with one attached hydrogen (secondary N) is 1. The third-order valence-electron chi connectivity index (χ3n) is 7.75. The Labute approximate surface area is 273 Å². The number of aryl methyl sites for hydroxylation is 2. The minimum Gasteiger partial charge on any atom is -0.495 e. The van der Waals surface area contributed by atoms with Gasteiger partial charge in [-0.1, -0.05) is 97.8 Å². The van der Waals surface area contributed by atoms with E-state index in [-0.39, 0.29) is 29.5 Å². The van der Waals surface area contributed by atoms with Gasteiger partial charge in [-0.3, -0.25) is 13.9 Å². The first kappa shape index (κ1) is 34.2. The molecule has 0 fully saturated rings. The van der Waals surface area contributed by atoms with Crippen molar-refractivity contribution >= 4 is 27.5 Å². The van der Waals surface area contributed by atoms with Crippen LogP contribution in [0, 0.1) is 13.8 Å². The summed E-state index contributed by atoms with van der Waals surface area (Å²) in [6, 6.07) is 29.6. The molecule has 4 aromatic rings. The molecule has 0 saturated carbocycles. The predicted octanol–water partition coefficient (Wildman–Crippen LogP) is 6.06. The second-order valence-corrected chi connectivity index (χ2v) is 13.2. The third kappa shape index (κ3) is 8.75. The van der Waals surface area contributed by atoms with Gasteiger partial charge in [0.1, 0.15) is 18.3 Å². The summed E-state index contributed by atoms with van der Waals surface area (Å²) >= 11 is 0. The molecule has 0 aliphatic heterocycles. The van der Waals surface area contributed by atoms with Crippen LogP contribution in [0.3, 0.4) is 0 Å². The summed E-state index contributed by atoms with van der Waals surface area (Å²) in [5.74, 6) is -0.499. The van der Waals surface area contributed by atoms with E-state index in [2.05, 4.69) is 5.32 Å². The molecule has 0 saturated heterocycles. The number of ether oxygens (including phenoxy) is 1. The molecule has 0 heterocycles. The number of carbonyl (C=O) groups is 2. The standard InChI is InChI=1S/C37H43N3O5S/c1-5-6-22-38-37(42)34(25-30-15-9-7-10-16-30)39(26-31-17-13-14-28(2)23-31)36(41)27-40(33-24-29(3)20-21-35(33)45-4)46(43,44)32-18-11-8-12-19-32/h7-21,23-24,34H,5-6,22,25-27H2,1-4H3,(H,38,42). The van der Waals surface area contributed by atoms with Crippen LogP contribution in [0.2, 0.25) is 0 Å². The van der Waals surface area contributed by atoms with E-state index in [4.69, 9.17) is 4.74 Å². The largest absolute Gasteiger partial charge is 0.495 e. The maximum atomic E-state index is 14.6. The molecule has 0 bridgehead atoms. The number of hydrogen-bond donors (Lipinski definition) is 1. The molecule has 0 aromatic heterocycles. The van der Waals surface area contributed by atoms with Gasteiger partial charge < -0.3 is 15.0 Å². The summed E-state index contributed by atoms with van der Waals surface area (Å²) < 4.78 is 35.2. The van der Waals surface area contributed by atoms with Crippen molar-refractivity contribution in [3.63, 3.8) is 0 Å². The molecule has 8 nitrogen and oxygen atoms in total. The van der Waals surface area contributed by atoms with Crippen molar-refractivity contribution in [2.75, 3.05) is 24.5 Å². The molecule has 1 unspecified atom stereocenters.